The Morgan fingerprint density at radius 3 is 2.86 bits per heavy atom. The number of hydrogen-bond acceptors (Lipinski definition) is 3. The van der Waals surface area contributed by atoms with E-state index in [0.29, 0.717) is 5.82 Å². The number of nitrogens with one attached hydrogen (secondary N) is 1. The highest BCUT2D eigenvalue weighted by Gasteiger charge is 2.07. The Kier molecular flexibility index (Phi) is 2.39. The molecule has 0 saturated carbocycles. The molecule has 0 saturated heterocycles. The van der Waals surface area contributed by atoms with Crippen LogP contribution in [-0.2, 0) is 0 Å². The molecule has 0 radical (unpaired) electrons. The first-order valence-electron chi connectivity index (χ1n) is 3.98. The van der Waals surface area contributed by atoms with Gasteiger partial charge in [-0.2, -0.15) is 0 Å². The lowest BCUT2D eigenvalue weighted by Crippen LogP contribution is -1.93. The molecule has 0 atom stereocenters. The number of nitrogens with zero attached hydrogens (tertiary/aromatic N) is 1. The van der Waals surface area contributed by atoms with Crippen molar-refractivity contribution in [3.63, 3.8) is 0 Å². The molecule has 5 heteroatoms. The Morgan fingerprint density at radius 1 is 1.57 bits per heavy atom. The number of imidazole rings is 1. The van der Waals surface area contributed by atoms with Gasteiger partial charge in [0.05, 0.1) is 21.1 Å². The van der Waals surface area contributed by atoms with Gasteiger partial charge in [-0.05, 0) is 12.1 Å². The zero-order valence-electron chi connectivity index (χ0n) is 7.37. The first-order valence-corrected chi connectivity index (χ1v) is 5.18. The van der Waals surface area contributed by atoms with Crippen molar-refractivity contribution in [1.29, 1.82) is 0 Å². The second-order valence-electron chi connectivity index (χ2n) is 2.81. The monoisotopic (exact) mass is 226 g/mol. The van der Waals surface area contributed by atoms with Crippen LogP contribution in [0, 0.1) is 0 Å². The summed E-state index contributed by atoms with van der Waals surface area (Å²) in [5.74, 6) is 0.309. The lowest BCUT2D eigenvalue weighted by Gasteiger charge is -1.88. The molecule has 0 aliphatic heterocycles. The van der Waals surface area contributed by atoms with Gasteiger partial charge in [0.15, 0.2) is 11.6 Å². The lowest BCUT2D eigenvalue weighted by molar-refractivity contribution is 0.100. The smallest absolute Gasteiger partial charge is 0.194 e. The number of rotatable bonds is 2. The average molecular weight is 227 g/mol. The summed E-state index contributed by atoms with van der Waals surface area (Å²) in [5, 5.41) is 0. The fourth-order valence-corrected chi connectivity index (χ4v) is 2.09. The molecular formula is C9H7ClN2OS. The van der Waals surface area contributed by atoms with Crippen molar-refractivity contribution >= 4 is 28.7 Å². The van der Waals surface area contributed by atoms with Gasteiger partial charge in [0.2, 0.25) is 0 Å². The van der Waals surface area contributed by atoms with Crippen LogP contribution in [-0.4, -0.2) is 15.8 Å². The molecule has 0 bridgehead atoms. The normalized spacial score (nSPS) is 10.4. The molecule has 0 fully saturated rings. The van der Waals surface area contributed by atoms with E-state index in [1.165, 1.54) is 18.3 Å². The van der Waals surface area contributed by atoms with Gasteiger partial charge < -0.3 is 4.98 Å². The summed E-state index contributed by atoms with van der Waals surface area (Å²) in [4.78, 5) is 18.9. The maximum absolute atomic E-state index is 11.0. The van der Waals surface area contributed by atoms with Gasteiger partial charge in [0, 0.05) is 6.92 Å². The predicted octanol–water partition coefficient (Wildman–Crippen LogP) is 2.99. The molecule has 0 aromatic carbocycles. The predicted molar refractivity (Wildman–Crippen MR) is 56.9 cm³/mol. The minimum atomic E-state index is -0.0705. The van der Waals surface area contributed by atoms with Crippen LogP contribution >= 0.6 is 22.9 Å². The third kappa shape index (κ3) is 1.71. The Bertz CT molecular complexity index is 475. The van der Waals surface area contributed by atoms with Crippen LogP contribution in [0.5, 0.6) is 0 Å². The summed E-state index contributed by atoms with van der Waals surface area (Å²) in [6, 6.07) is 3.71. The van der Waals surface area contributed by atoms with Crippen molar-refractivity contribution in [3.05, 3.63) is 28.5 Å². The summed E-state index contributed by atoms with van der Waals surface area (Å²) in [7, 11) is 0. The molecular weight excluding hydrogens is 220 g/mol. The Hall–Kier alpha value is -1.13. The van der Waals surface area contributed by atoms with Crippen LogP contribution < -0.4 is 0 Å². The molecule has 72 valence electrons. The lowest BCUT2D eigenvalue weighted by atomic mass is 10.4. The number of carbonyl (C=O) groups excluding carboxylic acids is 1. The fourth-order valence-electron chi connectivity index (χ4n) is 1.08. The van der Waals surface area contributed by atoms with Gasteiger partial charge in [0.1, 0.15) is 0 Å². The zero-order valence-corrected chi connectivity index (χ0v) is 8.95. The molecule has 0 aliphatic rings. The van der Waals surface area contributed by atoms with Gasteiger partial charge in [-0.15, -0.1) is 11.3 Å². The molecule has 14 heavy (non-hydrogen) atoms. The maximum Gasteiger partial charge on any atom is 0.194 e. The fraction of sp³-hybridized carbons (Fsp3) is 0.111. The summed E-state index contributed by atoms with van der Waals surface area (Å²) < 4.78 is 0.721. The number of H-pyrrole nitrogens is 1. The number of thiophene rings is 1. The Labute approximate surface area is 89.8 Å². The summed E-state index contributed by atoms with van der Waals surface area (Å²) >= 11 is 7.25. The van der Waals surface area contributed by atoms with Gasteiger partial charge in [-0.25, -0.2) is 4.98 Å². The number of ketones is 1. The van der Waals surface area contributed by atoms with E-state index in [9.17, 15) is 4.79 Å². The SMILES string of the molecule is CC(=O)c1ncc(-c2ccc(Cl)s2)[nH]1. The minimum absolute atomic E-state index is 0.0705. The van der Waals surface area contributed by atoms with E-state index in [1.807, 2.05) is 12.1 Å². The van der Waals surface area contributed by atoms with Gasteiger partial charge in [0.25, 0.3) is 0 Å². The van der Waals surface area contributed by atoms with E-state index in [4.69, 9.17) is 11.6 Å². The molecule has 2 aromatic heterocycles. The number of Topliss-reactive ketones (excluding diaryl/α,β-unsaturated/α-hetero) is 1. The zero-order chi connectivity index (χ0) is 10.1. The summed E-state index contributed by atoms with van der Waals surface area (Å²) in [6.07, 6.45) is 1.64. The topological polar surface area (TPSA) is 45.8 Å². The third-order valence-electron chi connectivity index (χ3n) is 1.75. The summed E-state index contributed by atoms with van der Waals surface area (Å²) in [5.41, 5.74) is 0.826. The number of carbonyl (C=O) groups is 1. The Balaban J connectivity index is 2.38. The number of halogens is 1. The standard InChI is InChI=1S/C9H7ClN2OS/c1-5(13)9-11-4-6(12-9)7-2-3-8(10)14-7/h2-4H,1H3,(H,11,12). The average Bonchev–Trinajstić information content (AvgIpc) is 2.70. The number of aromatic nitrogens is 2. The molecule has 0 unspecified atom stereocenters. The highest BCUT2D eigenvalue weighted by atomic mass is 35.5. The van der Waals surface area contributed by atoms with E-state index in [-0.39, 0.29) is 5.78 Å². The van der Waals surface area contributed by atoms with Crippen LogP contribution in [0.2, 0.25) is 4.34 Å². The molecule has 0 spiro atoms. The van der Waals surface area contributed by atoms with E-state index >= 15 is 0 Å². The molecule has 1 N–H and O–H groups in total. The van der Waals surface area contributed by atoms with Crippen LogP contribution in [0.4, 0.5) is 0 Å². The Morgan fingerprint density at radius 2 is 2.36 bits per heavy atom. The molecule has 2 rings (SSSR count). The van der Waals surface area contributed by atoms with Crippen LogP contribution in [0.15, 0.2) is 18.3 Å². The van der Waals surface area contributed by atoms with E-state index in [0.717, 1.165) is 14.9 Å². The van der Waals surface area contributed by atoms with E-state index in [1.54, 1.807) is 6.20 Å². The van der Waals surface area contributed by atoms with Crippen molar-refractivity contribution in [1.82, 2.24) is 9.97 Å². The number of hydrogen-bond donors (Lipinski definition) is 1. The van der Waals surface area contributed by atoms with Gasteiger partial charge in [-0.1, -0.05) is 11.6 Å². The summed E-state index contributed by atoms with van der Waals surface area (Å²) in [6.45, 7) is 1.48. The van der Waals surface area contributed by atoms with Gasteiger partial charge in [-0.3, -0.25) is 4.79 Å². The van der Waals surface area contributed by atoms with Crippen molar-refractivity contribution in [2.45, 2.75) is 6.92 Å². The van der Waals surface area contributed by atoms with Crippen molar-refractivity contribution < 1.29 is 4.79 Å². The maximum atomic E-state index is 11.0. The largest absolute Gasteiger partial charge is 0.335 e. The molecule has 0 amide bonds. The third-order valence-corrected chi connectivity index (χ3v) is 3.01. The first-order chi connectivity index (χ1) is 6.66. The van der Waals surface area contributed by atoms with Crippen molar-refractivity contribution in [2.75, 3.05) is 0 Å². The van der Waals surface area contributed by atoms with Crippen molar-refractivity contribution in [3.8, 4) is 10.6 Å². The second-order valence-corrected chi connectivity index (χ2v) is 4.52. The van der Waals surface area contributed by atoms with E-state index < -0.39 is 0 Å². The van der Waals surface area contributed by atoms with Gasteiger partial charge >= 0.3 is 0 Å². The first kappa shape index (κ1) is 9.43. The van der Waals surface area contributed by atoms with E-state index in [2.05, 4.69) is 9.97 Å². The molecule has 3 nitrogen and oxygen atoms in total. The minimum Gasteiger partial charge on any atom is -0.335 e. The highest BCUT2D eigenvalue weighted by molar-refractivity contribution is 7.19. The second kappa shape index (κ2) is 3.55. The molecule has 2 heterocycles. The van der Waals surface area contributed by atoms with Crippen molar-refractivity contribution in [2.24, 2.45) is 0 Å². The quantitative estimate of drug-likeness (QED) is 0.801. The van der Waals surface area contributed by atoms with Crippen LogP contribution in [0.25, 0.3) is 10.6 Å². The molecule has 2 aromatic rings. The molecule has 0 aliphatic carbocycles. The van der Waals surface area contributed by atoms with Crippen LogP contribution in [0.1, 0.15) is 17.5 Å². The number of aromatic amines is 1. The highest BCUT2D eigenvalue weighted by Crippen LogP contribution is 2.29. The van der Waals surface area contributed by atoms with Crippen LogP contribution in [0.3, 0.4) is 0 Å².